The Kier molecular flexibility index (Phi) is 10.3. The number of benzene rings is 2. The normalized spacial score (nSPS) is 22.1. The summed E-state index contributed by atoms with van der Waals surface area (Å²) in [7, 11) is -5.97. The van der Waals surface area contributed by atoms with Gasteiger partial charge in [0, 0.05) is 46.8 Å². The Labute approximate surface area is 255 Å². The van der Waals surface area contributed by atoms with Crippen molar-refractivity contribution >= 4 is 37.2 Å². The van der Waals surface area contributed by atoms with Gasteiger partial charge in [-0.15, -0.1) is 4.36 Å². The molecule has 2 aromatic rings. The standard InChI is InChI=1S/C28H37F4N5O5S2/c1-19-16-36(17-20(2)42-19)18-21-12-14-37(15-13-21)26-24(29)6-5-7-25(26)33-44(40,41)23-10-8-22(9-11-23)43(39,35(3)4)34-27(38)28(30,31)32/h5-11,19-21,33H,12-18H2,1-4H3/t19-,20+,43?. The Bertz CT molecular complexity index is 1560. The van der Waals surface area contributed by atoms with Crippen LogP contribution >= 0.6 is 0 Å². The number of nitrogens with zero attached hydrogens (tertiary/aromatic N) is 4. The van der Waals surface area contributed by atoms with Crippen molar-refractivity contribution in [3.63, 3.8) is 0 Å². The summed E-state index contributed by atoms with van der Waals surface area (Å²) in [6, 6.07) is 8.22. The number of halogens is 4. The molecule has 0 saturated carbocycles. The SMILES string of the molecule is C[C@@H]1CN(CC2CCN(c3c(F)cccc3NS(=O)(=O)c3ccc(S(=O)(=NC(=O)C(F)(F)F)N(C)C)cc3)CC2)C[C@H](C)O1. The zero-order chi connectivity index (χ0) is 32.4. The van der Waals surface area contributed by atoms with E-state index in [0.29, 0.717) is 19.0 Å². The van der Waals surface area contributed by atoms with E-state index in [9.17, 15) is 30.6 Å². The molecule has 1 unspecified atom stereocenters. The number of piperidine rings is 1. The molecule has 2 saturated heterocycles. The van der Waals surface area contributed by atoms with Gasteiger partial charge in [0.1, 0.15) is 15.7 Å². The molecule has 0 aromatic heterocycles. The molecule has 0 aliphatic carbocycles. The van der Waals surface area contributed by atoms with E-state index < -0.39 is 37.8 Å². The van der Waals surface area contributed by atoms with Crippen LogP contribution in [0.4, 0.5) is 28.9 Å². The van der Waals surface area contributed by atoms with Crippen LogP contribution < -0.4 is 9.62 Å². The summed E-state index contributed by atoms with van der Waals surface area (Å²) in [4.78, 5) is 15.1. The van der Waals surface area contributed by atoms with Crippen molar-refractivity contribution in [3.8, 4) is 0 Å². The first-order valence-electron chi connectivity index (χ1n) is 14.1. The van der Waals surface area contributed by atoms with Gasteiger partial charge in [0.2, 0.25) is 0 Å². The van der Waals surface area contributed by atoms with Gasteiger partial charge >= 0.3 is 12.1 Å². The van der Waals surface area contributed by atoms with Gasteiger partial charge in [0.15, 0.2) is 0 Å². The van der Waals surface area contributed by atoms with Crippen molar-refractivity contribution in [1.82, 2.24) is 9.21 Å². The molecule has 2 heterocycles. The third kappa shape index (κ3) is 7.88. The Hall–Kier alpha value is -2.79. The molecule has 3 atom stereocenters. The van der Waals surface area contributed by atoms with Crippen LogP contribution in [-0.4, -0.2) is 92.9 Å². The summed E-state index contributed by atoms with van der Waals surface area (Å²) in [5.41, 5.74) is 0.158. The van der Waals surface area contributed by atoms with Crippen molar-refractivity contribution in [2.24, 2.45) is 10.3 Å². The van der Waals surface area contributed by atoms with Crippen molar-refractivity contribution in [1.29, 1.82) is 0 Å². The molecule has 244 valence electrons. The lowest BCUT2D eigenvalue weighted by Gasteiger charge is -2.40. The van der Waals surface area contributed by atoms with Crippen LogP contribution in [0.25, 0.3) is 0 Å². The van der Waals surface area contributed by atoms with Crippen LogP contribution in [0, 0.1) is 11.7 Å². The number of carbonyl (C=O) groups excluding carboxylic acids is 1. The van der Waals surface area contributed by atoms with Crippen molar-refractivity contribution in [3.05, 3.63) is 48.3 Å². The zero-order valence-corrected chi connectivity index (χ0v) is 26.5. The van der Waals surface area contributed by atoms with E-state index in [4.69, 9.17) is 4.74 Å². The number of morpholine rings is 1. The number of rotatable bonds is 8. The maximum atomic E-state index is 15.2. The van der Waals surface area contributed by atoms with Gasteiger partial charge in [-0.1, -0.05) is 6.07 Å². The van der Waals surface area contributed by atoms with Gasteiger partial charge in [-0.05, 0) is 69.0 Å². The molecular formula is C28H37F4N5O5S2. The van der Waals surface area contributed by atoms with Crippen LogP contribution in [0.5, 0.6) is 0 Å². The van der Waals surface area contributed by atoms with E-state index in [-0.39, 0.29) is 33.4 Å². The summed E-state index contributed by atoms with van der Waals surface area (Å²) in [6.07, 6.45) is -3.40. The first kappa shape index (κ1) is 34.1. The molecule has 10 nitrogen and oxygen atoms in total. The Balaban J connectivity index is 1.50. The highest BCUT2D eigenvalue weighted by Gasteiger charge is 2.40. The van der Waals surface area contributed by atoms with E-state index in [0.717, 1.165) is 61.0 Å². The van der Waals surface area contributed by atoms with Gasteiger partial charge in [-0.3, -0.25) is 14.4 Å². The van der Waals surface area contributed by atoms with E-state index in [1.54, 1.807) is 0 Å². The second kappa shape index (κ2) is 13.3. The quantitative estimate of drug-likeness (QED) is 0.419. The fourth-order valence-corrected chi connectivity index (χ4v) is 8.14. The fourth-order valence-electron chi connectivity index (χ4n) is 5.57. The molecule has 1 N–H and O–H groups in total. The minimum Gasteiger partial charge on any atom is -0.373 e. The fraction of sp³-hybridized carbons (Fsp3) is 0.536. The highest BCUT2D eigenvalue weighted by molar-refractivity contribution is 7.93. The number of ether oxygens (including phenoxy) is 1. The number of carbonyl (C=O) groups is 1. The van der Waals surface area contributed by atoms with Crippen LogP contribution in [-0.2, 0) is 29.5 Å². The van der Waals surface area contributed by atoms with Crippen LogP contribution in [0.2, 0.25) is 0 Å². The van der Waals surface area contributed by atoms with E-state index in [1.807, 2.05) is 4.90 Å². The summed E-state index contributed by atoms with van der Waals surface area (Å²) < 4.78 is 105. The third-order valence-corrected chi connectivity index (χ3v) is 11.2. The minimum atomic E-state index is -5.33. The first-order chi connectivity index (χ1) is 20.5. The number of sulfonamides is 1. The van der Waals surface area contributed by atoms with Gasteiger partial charge in [0.25, 0.3) is 10.0 Å². The van der Waals surface area contributed by atoms with Crippen LogP contribution in [0.1, 0.15) is 26.7 Å². The van der Waals surface area contributed by atoms with Gasteiger partial charge in [-0.2, -0.15) is 13.2 Å². The predicted molar refractivity (Wildman–Crippen MR) is 159 cm³/mol. The third-order valence-electron chi connectivity index (χ3n) is 7.56. The molecule has 0 spiro atoms. The van der Waals surface area contributed by atoms with Crippen molar-refractivity contribution in [2.45, 2.75) is 54.9 Å². The Morgan fingerprint density at radius 1 is 1.00 bits per heavy atom. The average Bonchev–Trinajstić information content (AvgIpc) is 2.92. The molecule has 44 heavy (non-hydrogen) atoms. The topological polar surface area (TPSA) is 112 Å². The molecule has 16 heteroatoms. The minimum absolute atomic E-state index is 0.0335. The lowest BCUT2D eigenvalue weighted by atomic mass is 9.95. The highest BCUT2D eigenvalue weighted by Crippen LogP contribution is 2.34. The lowest BCUT2D eigenvalue weighted by Crippen LogP contribution is -2.48. The van der Waals surface area contributed by atoms with Crippen molar-refractivity contribution in [2.75, 3.05) is 56.4 Å². The van der Waals surface area contributed by atoms with Gasteiger partial charge < -0.3 is 9.64 Å². The van der Waals surface area contributed by atoms with Crippen LogP contribution in [0.3, 0.4) is 0 Å². The molecule has 2 fully saturated rings. The monoisotopic (exact) mass is 663 g/mol. The molecule has 0 bridgehead atoms. The molecule has 2 aliphatic rings. The van der Waals surface area contributed by atoms with E-state index in [1.165, 1.54) is 32.3 Å². The average molecular weight is 664 g/mol. The Morgan fingerprint density at radius 3 is 2.11 bits per heavy atom. The van der Waals surface area contributed by atoms with Gasteiger partial charge in [-0.25, -0.2) is 21.3 Å². The number of anilines is 2. The number of amides is 1. The summed E-state index contributed by atoms with van der Waals surface area (Å²) in [5, 5.41) is 0. The largest absolute Gasteiger partial charge is 0.474 e. The molecule has 4 rings (SSSR count). The second-order valence-corrected chi connectivity index (χ2v) is 15.4. The summed E-state index contributed by atoms with van der Waals surface area (Å²) in [6.45, 7) is 7.80. The Morgan fingerprint density at radius 2 is 1.57 bits per heavy atom. The maximum absolute atomic E-state index is 15.2. The van der Waals surface area contributed by atoms with Crippen molar-refractivity contribution < 1.29 is 39.7 Å². The number of alkyl halides is 3. The summed E-state index contributed by atoms with van der Waals surface area (Å²) in [5.74, 6) is -2.70. The molecule has 2 aromatic carbocycles. The van der Waals surface area contributed by atoms with Gasteiger partial charge in [0.05, 0.1) is 33.4 Å². The molecule has 2 aliphatic heterocycles. The number of hydrogen-bond donors (Lipinski definition) is 1. The zero-order valence-electron chi connectivity index (χ0n) is 24.9. The smallest absolute Gasteiger partial charge is 0.373 e. The predicted octanol–water partition coefficient (Wildman–Crippen LogP) is 4.34. The molecule has 1 amide bonds. The second-order valence-electron chi connectivity index (χ2n) is 11.3. The lowest BCUT2D eigenvalue weighted by molar-refractivity contribution is -0.169. The van der Waals surface area contributed by atoms with E-state index in [2.05, 4.69) is 27.8 Å². The highest BCUT2D eigenvalue weighted by atomic mass is 32.2. The maximum Gasteiger partial charge on any atom is 0.474 e. The summed E-state index contributed by atoms with van der Waals surface area (Å²) >= 11 is 0. The number of hydrogen-bond acceptors (Lipinski definition) is 7. The number of nitrogens with one attached hydrogen (secondary N) is 1. The van der Waals surface area contributed by atoms with Crippen LogP contribution in [0.15, 0.2) is 56.6 Å². The molecular weight excluding hydrogens is 626 g/mol. The van der Waals surface area contributed by atoms with E-state index >= 15 is 4.39 Å². The number of para-hydroxylation sites is 1. The molecule has 0 radical (unpaired) electrons. The first-order valence-corrected chi connectivity index (χ1v) is 17.0.